The molecule has 0 spiro atoms. The van der Waals surface area contributed by atoms with Crippen molar-refractivity contribution in [1.29, 1.82) is 0 Å². The van der Waals surface area contributed by atoms with Gasteiger partial charge in [-0.1, -0.05) is 6.08 Å². The fourth-order valence-corrected chi connectivity index (χ4v) is 4.60. The quantitative estimate of drug-likeness (QED) is 0.563. The number of amides is 1. The Morgan fingerprint density at radius 2 is 1.97 bits per heavy atom. The molecule has 1 N–H and O–H groups in total. The lowest BCUT2D eigenvalue weighted by Gasteiger charge is -2.35. The second kappa shape index (κ2) is 8.96. The zero-order chi connectivity index (χ0) is 22.9. The van der Waals surface area contributed by atoms with Gasteiger partial charge in [-0.3, -0.25) is 14.5 Å². The molecule has 8 nitrogen and oxygen atoms in total. The van der Waals surface area contributed by atoms with Gasteiger partial charge in [-0.2, -0.15) is 5.10 Å². The van der Waals surface area contributed by atoms with E-state index in [-0.39, 0.29) is 11.5 Å². The maximum absolute atomic E-state index is 13.5. The number of aryl methyl sites for hydroxylation is 1. The molecule has 1 saturated heterocycles. The summed E-state index contributed by atoms with van der Waals surface area (Å²) in [6.45, 7) is 9.63. The average Bonchev–Trinajstić information content (AvgIpc) is 3.21. The van der Waals surface area contributed by atoms with Gasteiger partial charge in [-0.15, -0.1) is 0 Å². The standard InChI is InChI=1S/C25H29N5O3/c1-3-33-13-5-8-28-9-11-29(12-10-28)25(32)19-15-20-22(14-17(19)2)27-24(31)21-16-26-30(23(20)21)18-6-4-7-18/h4,6-7,14-16H,3,5,8-13H2,1-2H3,(H,27,31). The van der Waals surface area contributed by atoms with E-state index in [1.807, 2.05) is 49.1 Å². The number of fused-ring (bicyclic) bond motifs is 3. The van der Waals surface area contributed by atoms with Crippen molar-refractivity contribution in [2.45, 2.75) is 20.3 Å². The van der Waals surface area contributed by atoms with E-state index in [1.54, 1.807) is 10.9 Å². The first-order valence-corrected chi connectivity index (χ1v) is 11.6. The van der Waals surface area contributed by atoms with Crippen LogP contribution in [-0.4, -0.2) is 76.4 Å². The molecule has 1 fully saturated rings. The molecule has 1 amide bonds. The van der Waals surface area contributed by atoms with Crippen LogP contribution < -0.4 is 5.56 Å². The number of benzene rings is 1. The van der Waals surface area contributed by atoms with Gasteiger partial charge in [-0.05, 0) is 50.1 Å². The molecule has 2 aromatic heterocycles. The number of H-pyrrole nitrogens is 1. The number of ether oxygens (including phenoxy) is 1. The first-order valence-electron chi connectivity index (χ1n) is 11.6. The van der Waals surface area contributed by atoms with Crippen LogP contribution in [0.25, 0.3) is 27.5 Å². The van der Waals surface area contributed by atoms with Crippen LogP contribution in [0.5, 0.6) is 0 Å². The van der Waals surface area contributed by atoms with Gasteiger partial charge in [0.25, 0.3) is 11.5 Å². The third-order valence-corrected chi connectivity index (χ3v) is 6.52. The SMILES string of the molecule is CCOCCCN1CCN(C(=O)c2cc3c(cc2C)[nH]c(=O)c2cnn(C4=CC=C4)c23)CC1. The Labute approximate surface area is 192 Å². The number of aromatic nitrogens is 3. The molecular formula is C25H29N5O3. The lowest BCUT2D eigenvalue weighted by Crippen LogP contribution is -2.49. The number of pyridine rings is 1. The maximum atomic E-state index is 13.5. The molecule has 0 bridgehead atoms. The molecule has 2 aliphatic rings. The monoisotopic (exact) mass is 447 g/mol. The minimum Gasteiger partial charge on any atom is -0.382 e. The molecule has 1 aliphatic carbocycles. The van der Waals surface area contributed by atoms with Crippen molar-refractivity contribution in [1.82, 2.24) is 24.6 Å². The largest absolute Gasteiger partial charge is 0.382 e. The first kappa shape index (κ1) is 21.6. The third-order valence-electron chi connectivity index (χ3n) is 6.52. The Balaban J connectivity index is 1.42. The van der Waals surface area contributed by atoms with Gasteiger partial charge in [0.15, 0.2) is 0 Å². The normalized spacial score (nSPS) is 16.4. The number of piperazine rings is 1. The highest BCUT2D eigenvalue weighted by atomic mass is 16.5. The molecule has 33 heavy (non-hydrogen) atoms. The van der Waals surface area contributed by atoms with Gasteiger partial charge < -0.3 is 14.6 Å². The van der Waals surface area contributed by atoms with E-state index in [9.17, 15) is 9.59 Å². The number of nitrogens with zero attached hydrogens (tertiary/aromatic N) is 4. The molecule has 3 aromatic rings. The Hall–Kier alpha value is -3.23. The van der Waals surface area contributed by atoms with Crippen LogP contribution in [0.1, 0.15) is 29.3 Å². The number of carbonyl (C=O) groups is 1. The maximum Gasteiger partial charge on any atom is 0.259 e. The summed E-state index contributed by atoms with van der Waals surface area (Å²) in [4.78, 5) is 33.4. The van der Waals surface area contributed by atoms with Crippen LogP contribution >= 0.6 is 0 Å². The summed E-state index contributed by atoms with van der Waals surface area (Å²) in [6.07, 6.45) is 8.45. The highest BCUT2D eigenvalue weighted by Crippen LogP contribution is 2.28. The van der Waals surface area contributed by atoms with Gasteiger partial charge in [0.1, 0.15) is 0 Å². The lowest BCUT2D eigenvalue weighted by atomic mass is 10.0. The van der Waals surface area contributed by atoms with Gasteiger partial charge in [0, 0.05) is 56.9 Å². The van der Waals surface area contributed by atoms with Gasteiger partial charge >= 0.3 is 0 Å². The molecule has 1 aliphatic heterocycles. The Morgan fingerprint density at radius 1 is 1.18 bits per heavy atom. The number of carbonyl (C=O) groups excluding carboxylic acids is 1. The average molecular weight is 448 g/mol. The Bertz CT molecular complexity index is 1330. The van der Waals surface area contributed by atoms with E-state index in [0.29, 0.717) is 29.6 Å². The number of rotatable bonds is 7. The highest BCUT2D eigenvalue weighted by molar-refractivity contribution is 6.08. The van der Waals surface area contributed by atoms with Gasteiger partial charge in [0.05, 0.1) is 28.3 Å². The minimum atomic E-state index is -0.174. The molecule has 0 unspecified atom stereocenters. The van der Waals surface area contributed by atoms with Gasteiger partial charge in [-0.25, -0.2) is 4.68 Å². The van der Waals surface area contributed by atoms with Crippen LogP contribution in [0.15, 0.2) is 41.4 Å². The number of hydrogen-bond donors (Lipinski definition) is 1. The molecule has 1 aromatic carbocycles. The molecule has 0 atom stereocenters. The molecule has 0 saturated carbocycles. The zero-order valence-electron chi connectivity index (χ0n) is 19.1. The molecule has 172 valence electrons. The summed E-state index contributed by atoms with van der Waals surface area (Å²) in [5.74, 6) is 0.0385. The smallest absolute Gasteiger partial charge is 0.259 e. The molecule has 5 rings (SSSR count). The Morgan fingerprint density at radius 3 is 2.67 bits per heavy atom. The predicted molar refractivity (Wildman–Crippen MR) is 129 cm³/mol. The summed E-state index contributed by atoms with van der Waals surface area (Å²) >= 11 is 0. The third kappa shape index (κ3) is 4.00. The lowest BCUT2D eigenvalue weighted by molar-refractivity contribution is 0.0615. The fourth-order valence-electron chi connectivity index (χ4n) is 4.60. The van der Waals surface area contributed by atoms with E-state index in [0.717, 1.165) is 61.4 Å². The summed E-state index contributed by atoms with van der Waals surface area (Å²) in [5.41, 5.74) is 3.73. The number of hydrogen-bond acceptors (Lipinski definition) is 5. The van der Waals surface area contributed by atoms with Crippen molar-refractivity contribution < 1.29 is 9.53 Å². The van der Waals surface area contributed by atoms with E-state index in [4.69, 9.17) is 4.74 Å². The number of aromatic amines is 1. The van der Waals surface area contributed by atoms with Crippen LogP contribution in [0.4, 0.5) is 0 Å². The van der Waals surface area contributed by atoms with Crippen molar-refractivity contribution in [2.75, 3.05) is 45.9 Å². The van der Waals surface area contributed by atoms with Crippen LogP contribution in [-0.2, 0) is 4.74 Å². The second-order valence-electron chi connectivity index (χ2n) is 8.62. The van der Waals surface area contributed by atoms with Crippen molar-refractivity contribution in [3.63, 3.8) is 0 Å². The Kier molecular flexibility index (Phi) is 5.86. The summed E-state index contributed by atoms with van der Waals surface area (Å²) in [6, 6.07) is 3.82. The minimum absolute atomic E-state index is 0.0385. The molecule has 3 heterocycles. The van der Waals surface area contributed by atoms with E-state index >= 15 is 0 Å². The van der Waals surface area contributed by atoms with Crippen LogP contribution in [0.2, 0.25) is 0 Å². The fraction of sp³-hybridized carbons (Fsp3) is 0.400. The summed E-state index contributed by atoms with van der Waals surface area (Å²) in [5, 5.41) is 5.77. The summed E-state index contributed by atoms with van der Waals surface area (Å²) in [7, 11) is 0. The highest BCUT2D eigenvalue weighted by Gasteiger charge is 2.24. The van der Waals surface area contributed by atoms with Crippen molar-refractivity contribution in [3.8, 4) is 0 Å². The molecule has 0 radical (unpaired) electrons. The van der Waals surface area contributed by atoms with E-state index in [1.165, 1.54) is 0 Å². The van der Waals surface area contributed by atoms with Crippen molar-refractivity contribution in [2.24, 2.45) is 0 Å². The molecular weight excluding hydrogens is 418 g/mol. The molecule has 8 heteroatoms. The van der Waals surface area contributed by atoms with Crippen LogP contribution in [0.3, 0.4) is 0 Å². The second-order valence-corrected chi connectivity index (χ2v) is 8.62. The zero-order valence-corrected chi connectivity index (χ0v) is 19.1. The van der Waals surface area contributed by atoms with E-state index < -0.39 is 0 Å². The number of allylic oxidation sites excluding steroid dienone is 4. The topological polar surface area (TPSA) is 83.5 Å². The van der Waals surface area contributed by atoms with Crippen molar-refractivity contribution >= 4 is 33.4 Å². The van der Waals surface area contributed by atoms with Gasteiger partial charge in [0.2, 0.25) is 0 Å². The first-order chi connectivity index (χ1) is 16.1. The number of nitrogens with one attached hydrogen (secondary N) is 1. The predicted octanol–water partition coefficient (Wildman–Crippen LogP) is 2.78. The van der Waals surface area contributed by atoms with E-state index in [2.05, 4.69) is 15.0 Å². The van der Waals surface area contributed by atoms with Crippen LogP contribution in [0, 0.1) is 6.92 Å². The van der Waals surface area contributed by atoms with Crippen molar-refractivity contribution in [3.05, 3.63) is 58.0 Å². The summed E-state index contributed by atoms with van der Waals surface area (Å²) < 4.78 is 7.20.